The average molecular weight is 762 g/mol. The molecule has 9 nitrogen and oxygen atoms in total. The Morgan fingerprint density at radius 3 is 2.38 bits per heavy atom. The zero-order valence-electron chi connectivity index (χ0n) is 33.0. The first kappa shape index (κ1) is 45.4. The van der Waals surface area contributed by atoms with Crippen molar-refractivity contribution in [2.75, 3.05) is 45.2 Å². The summed E-state index contributed by atoms with van der Waals surface area (Å²) in [4.78, 5) is 25.6. The molecule has 5 rings (SSSR count). The zero-order valence-corrected chi connectivity index (χ0v) is 34.6. The van der Waals surface area contributed by atoms with Gasteiger partial charge in [0.15, 0.2) is 0 Å². The highest BCUT2D eigenvalue weighted by atomic mass is 35.5. The molecule has 6 atom stereocenters. The normalized spacial score (nSPS) is 21.6. The van der Waals surface area contributed by atoms with Crippen LogP contribution in [0.15, 0.2) is 48.6 Å². The van der Waals surface area contributed by atoms with Gasteiger partial charge in [0.05, 0.1) is 24.5 Å². The van der Waals surface area contributed by atoms with Crippen molar-refractivity contribution in [3.8, 4) is 5.75 Å². The molecule has 2 aliphatic heterocycles. The summed E-state index contributed by atoms with van der Waals surface area (Å²) in [5.41, 5.74) is 4.45. The van der Waals surface area contributed by atoms with Crippen LogP contribution in [-0.4, -0.2) is 84.2 Å². The second-order valence-electron chi connectivity index (χ2n) is 13.4. The molecular formula is C41H65ClN4O5S. The predicted molar refractivity (Wildman–Crippen MR) is 218 cm³/mol. The molecule has 1 saturated heterocycles. The summed E-state index contributed by atoms with van der Waals surface area (Å²) in [6, 6.07) is 12.5. The van der Waals surface area contributed by atoms with E-state index >= 15 is 0 Å². The number of amides is 2. The Balaban J connectivity index is 0.000000753. The van der Waals surface area contributed by atoms with Gasteiger partial charge in [0, 0.05) is 55.7 Å². The quantitative estimate of drug-likeness (QED) is 0.107. The molecule has 2 aromatic rings. The van der Waals surface area contributed by atoms with E-state index in [9.17, 15) is 19.8 Å². The van der Waals surface area contributed by atoms with Gasteiger partial charge in [-0.05, 0) is 106 Å². The molecule has 3 aliphatic rings. The Labute approximate surface area is 323 Å². The van der Waals surface area contributed by atoms with Crippen LogP contribution in [0.5, 0.6) is 5.75 Å². The lowest BCUT2D eigenvalue weighted by atomic mass is 9.70. The van der Waals surface area contributed by atoms with Gasteiger partial charge in [-0.25, -0.2) is 4.31 Å². The van der Waals surface area contributed by atoms with Gasteiger partial charge in [-0.15, -0.1) is 0 Å². The number of fused-ring (bicyclic) bond motifs is 1. The van der Waals surface area contributed by atoms with Crippen LogP contribution >= 0.6 is 23.7 Å². The van der Waals surface area contributed by atoms with Gasteiger partial charge in [-0.2, -0.15) is 0 Å². The maximum atomic E-state index is 11.7. The van der Waals surface area contributed by atoms with E-state index in [0.29, 0.717) is 18.9 Å². The zero-order chi connectivity index (χ0) is 38.8. The summed E-state index contributed by atoms with van der Waals surface area (Å²) < 4.78 is 10.6. The van der Waals surface area contributed by atoms with E-state index in [2.05, 4.69) is 40.8 Å². The summed E-state index contributed by atoms with van der Waals surface area (Å²) in [5, 5.41) is 22.2. The van der Waals surface area contributed by atoms with Crippen molar-refractivity contribution in [2.24, 2.45) is 11.8 Å². The number of anilines is 1. The first-order valence-electron chi connectivity index (χ1n) is 19.2. The summed E-state index contributed by atoms with van der Waals surface area (Å²) in [5.74, 6) is 1.71. The molecule has 3 N–H and O–H groups in total. The van der Waals surface area contributed by atoms with Crippen molar-refractivity contribution in [1.82, 2.24) is 13.9 Å². The average Bonchev–Trinajstić information content (AvgIpc) is 3.28. The van der Waals surface area contributed by atoms with Crippen molar-refractivity contribution in [1.29, 1.82) is 0 Å². The highest BCUT2D eigenvalue weighted by Gasteiger charge is 2.38. The van der Waals surface area contributed by atoms with Crippen molar-refractivity contribution in [2.45, 2.75) is 111 Å². The van der Waals surface area contributed by atoms with E-state index in [-0.39, 0.29) is 23.8 Å². The number of ether oxygens (including phenoxy) is 1. The molecule has 1 aliphatic carbocycles. The molecule has 0 radical (unpaired) electrons. The fourth-order valence-electron chi connectivity index (χ4n) is 6.89. The molecule has 52 heavy (non-hydrogen) atoms. The van der Waals surface area contributed by atoms with E-state index in [1.807, 2.05) is 71.0 Å². The number of halogens is 1. The minimum atomic E-state index is -0.563. The molecule has 2 amide bonds. The van der Waals surface area contributed by atoms with E-state index in [4.69, 9.17) is 16.3 Å². The van der Waals surface area contributed by atoms with Gasteiger partial charge in [0.2, 0.25) is 12.3 Å². The first-order chi connectivity index (χ1) is 25.0. The number of hydrogen-bond donors (Lipinski definition) is 3. The highest BCUT2D eigenvalue weighted by molar-refractivity contribution is 7.95. The third kappa shape index (κ3) is 13.3. The minimum absolute atomic E-state index is 0.133. The fraction of sp³-hybridized carbons (Fsp3) is 0.610. The number of nitrogens with one attached hydrogen (secondary N) is 1. The second kappa shape index (κ2) is 23.8. The highest BCUT2D eigenvalue weighted by Crippen LogP contribution is 2.43. The fourth-order valence-corrected chi connectivity index (χ4v) is 7.34. The molecule has 292 valence electrons. The van der Waals surface area contributed by atoms with E-state index in [1.165, 1.54) is 23.3 Å². The lowest BCUT2D eigenvalue weighted by Crippen LogP contribution is -2.49. The summed E-state index contributed by atoms with van der Waals surface area (Å²) >= 11 is 7.63. The lowest BCUT2D eigenvalue weighted by molar-refractivity contribution is -0.136. The molecule has 11 heteroatoms. The largest absolute Gasteiger partial charge is 0.491 e. The Bertz CT molecular complexity index is 1390. The van der Waals surface area contributed by atoms with Crippen LogP contribution in [0.1, 0.15) is 109 Å². The van der Waals surface area contributed by atoms with Crippen LogP contribution in [0.3, 0.4) is 0 Å². The third-order valence-corrected chi connectivity index (χ3v) is 10.5. The maximum Gasteiger partial charge on any atom is 0.219 e. The second-order valence-corrected chi connectivity index (χ2v) is 14.9. The number of aryl methyl sites for hydroxylation is 1. The molecule has 0 bridgehead atoms. The van der Waals surface area contributed by atoms with Gasteiger partial charge in [-0.1, -0.05) is 76.9 Å². The van der Waals surface area contributed by atoms with Crippen molar-refractivity contribution in [3.63, 3.8) is 0 Å². The lowest BCUT2D eigenvalue weighted by Gasteiger charge is -2.43. The van der Waals surface area contributed by atoms with Crippen LogP contribution < -0.4 is 14.4 Å². The monoisotopic (exact) mass is 760 g/mol. The number of carbonyl (C=O) groups is 2. The van der Waals surface area contributed by atoms with Crippen molar-refractivity contribution in [3.05, 3.63) is 70.3 Å². The summed E-state index contributed by atoms with van der Waals surface area (Å²) in [6.07, 6.45) is 9.54. The predicted octanol–water partition coefficient (Wildman–Crippen LogP) is 8.19. The Hall–Kier alpha value is -2.76. The van der Waals surface area contributed by atoms with Gasteiger partial charge in [0.25, 0.3) is 0 Å². The third-order valence-electron chi connectivity index (χ3n) is 9.69. The smallest absolute Gasteiger partial charge is 0.219 e. The number of aliphatic hydroxyl groups excluding tert-OH is 2. The Morgan fingerprint density at radius 2 is 1.85 bits per heavy atom. The van der Waals surface area contributed by atoms with Crippen LogP contribution in [0, 0.1) is 11.8 Å². The molecule has 1 saturated carbocycles. The number of benzene rings is 2. The van der Waals surface area contributed by atoms with E-state index < -0.39 is 12.2 Å². The first-order valence-corrected chi connectivity index (χ1v) is 20.3. The molecular weight excluding hydrogens is 696 g/mol. The van der Waals surface area contributed by atoms with Gasteiger partial charge >= 0.3 is 0 Å². The van der Waals surface area contributed by atoms with Crippen LogP contribution in [-0.2, 0) is 16.0 Å². The summed E-state index contributed by atoms with van der Waals surface area (Å²) in [7, 11) is 3.70. The maximum absolute atomic E-state index is 11.7. The molecule has 2 aromatic carbocycles. The number of likely N-dealkylation sites (tertiary alicyclic amines) is 1. The van der Waals surface area contributed by atoms with Gasteiger partial charge in [0.1, 0.15) is 5.75 Å². The standard InChI is InChI=1S/C34H45ClN2O4.C3H8N2OS.2C2H6/c1-4-6-25-17-28(35)11-13-30(25)27-20-36(32-18-24(22(2)38)10-14-34(32)41-21-27)19-26-9-12-31(26)33(40)8-5-7-29-15-16-37(29)23(3)39;1-5(2)7-4-3-6;2*1-2/h5,8,10-11,13-14,17-18,22,26-27,29,31,33,38,40H,4,6-7,9,12,15-16,19-21H2,1-3H3;3H,1-2H3,(H,4,6);2*1-2H3/b8-5+;;;. The number of hydrogen-bond acceptors (Lipinski definition) is 8. The topological polar surface area (TPSA) is 106 Å². The molecule has 0 spiro atoms. The number of carbonyl (C=O) groups excluding carboxylic acids is 2. The van der Waals surface area contributed by atoms with Crippen LogP contribution in [0.25, 0.3) is 0 Å². The molecule has 2 fully saturated rings. The Morgan fingerprint density at radius 1 is 1.12 bits per heavy atom. The number of rotatable bonds is 13. The number of aliphatic hydroxyl groups is 2. The minimum Gasteiger partial charge on any atom is -0.491 e. The van der Waals surface area contributed by atoms with E-state index in [1.54, 1.807) is 18.2 Å². The molecule has 6 unspecified atom stereocenters. The Kier molecular flexibility index (Phi) is 20.8. The van der Waals surface area contributed by atoms with Gasteiger partial charge in [-0.3, -0.25) is 14.3 Å². The van der Waals surface area contributed by atoms with Crippen molar-refractivity contribution < 1.29 is 24.5 Å². The SMILES string of the molecule is CC.CC.CCCc1cc(Cl)ccc1C1COc2ccc(C(C)O)cc2N(CC2CCC2C(O)/C=C/CC2CCN2C(C)=O)C1.CN(C)SNC=O. The van der Waals surface area contributed by atoms with Crippen molar-refractivity contribution >= 4 is 41.7 Å². The summed E-state index contributed by atoms with van der Waals surface area (Å²) in [6.45, 7) is 16.7. The molecule has 0 aromatic heterocycles. The van der Waals surface area contributed by atoms with E-state index in [0.717, 1.165) is 80.2 Å². The van der Waals surface area contributed by atoms with Crippen LogP contribution in [0.4, 0.5) is 5.69 Å². The molecule has 2 heterocycles. The van der Waals surface area contributed by atoms with Gasteiger partial charge < -0.3 is 24.7 Å². The van der Waals surface area contributed by atoms with Crippen LogP contribution in [0.2, 0.25) is 5.02 Å². The number of nitrogens with zero attached hydrogens (tertiary/aromatic N) is 3.